The van der Waals surface area contributed by atoms with E-state index in [4.69, 9.17) is 15.9 Å². The molecule has 26 heavy (non-hydrogen) atoms. The van der Waals surface area contributed by atoms with Crippen LogP contribution in [0.2, 0.25) is 0 Å². The maximum absolute atomic E-state index is 13.1. The lowest BCUT2D eigenvalue weighted by atomic mass is 10.1. The maximum atomic E-state index is 13.1. The molecule has 2 aromatic carbocycles. The molecule has 0 bridgehead atoms. The summed E-state index contributed by atoms with van der Waals surface area (Å²) >= 11 is 0. The third kappa shape index (κ3) is 6.85. The first kappa shape index (κ1) is 19.9. The average Bonchev–Trinajstić information content (AvgIpc) is 2.64. The molecule has 0 saturated heterocycles. The van der Waals surface area contributed by atoms with Gasteiger partial charge in [0.25, 0.3) is 0 Å². The van der Waals surface area contributed by atoms with E-state index >= 15 is 0 Å². The van der Waals surface area contributed by atoms with Gasteiger partial charge in [-0.2, -0.15) is 0 Å². The number of ether oxygens (including phenoxy) is 2. The van der Waals surface area contributed by atoms with Crippen molar-refractivity contribution in [3.8, 4) is 18.1 Å². The van der Waals surface area contributed by atoms with Crippen LogP contribution in [0.1, 0.15) is 11.1 Å². The molecule has 0 amide bonds. The number of terminal acetylenes is 1. The van der Waals surface area contributed by atoms with Crippen molar-refractivity contribution >= 4 is 0 Å². The van der Waals surface area contributed by atoms with Crippen LogP contribution in [0.5, 0.6) is 5.75 Å². The number of aliphatic hydroxyl groups is 1. The first-order valence-electron chi connectivity index (χ1n) is 8.39. The minimum Gasteiger partial charge on any atom is -0.497 e. The van der Waals surface area contributed by atoms with Crippen molar-refractivity contribution in [2.75, 3.05) is 26.9 Å². The predicted molar refractivity (Wildman–Crippen MR) is 99.2 cm³/mol. The number of rotatable bonds is 10. The molecular formula is C21H24FNO3. The van der Waals surface area contributed by atoms with Crippen LogP contribution in [0, 0.1) is 18.2 Å². The second-order valence-electron chi connectivity index (χ2n) is 6.02. The van der Waals surface area contributed by atoms with E-state index in [0.717, 1.165) is 16.9 Å². The molecule has 138 valence electrons. The van der Waals surface area contributed by atoms with Gasteiger partial charge in [0.2, 0.25) is 0 Å². The summed E-state index contributed by atoms with van der Waals surface area (Å²) in [5, 5.41) is 10.2. The molecule has 0 aliphatic heterocycles. The highest BCUT2D eigenvalue weighted by Crippen LogP contribution is 2.15. The van der Waals surface area contributed by atoms with Gasteiger partial charge in [-0.3, -0.25) is 4.90 Å². The van der Waals surface area contributed by atoms with Crippen molar-refractivity contribution in [2.45, 2.75) is 19.2 Å². The van der Waals surface area contributed by atoms with Crippen LogP contribution in [0.15, 0.2) is 48.5 Å². The van der Waals surface area contributed by atoms with Crippen molar-refractivity contribution in [2.24, 2.45) is 0 Å². The van der Waals surface area contributed by atoms with Gasteiger partial charge in [-0.1, -0.05) is 30.2 Å². The largest absolute Gasteiger partial charge is 0.497 e. The topological polar surface area (TPSA) is 41.9 Å². The number of methoxy groups -OCH3 is 1. The summed E-state index contributed by atoms with van der Waals surface area (Å²) < 4.78 is 23.5. The average molecular weight is 357 g/mol. The fourth-order valence-corrected chi connectivity index (χ4v) is 2.63. The van der Waals surface area contributed by atoms with Crippen LogP contribution >= 0.6 is 0 Å². The number of nitrogens with zero attached hydrogens (tertiary/aromatic N) is 1. The predicted octanol–water partition coefficient (Wildman–Crippen LogP) is 2.85. The van der Waals surface area contributed by atoms with Gasteiger partial charge in [0.1, 0.15) is 18.2 Å². The number of benzene rings is 2. The molecule has 2 aromatic rings. The SMILES string of the molecule is C#CCOCC(O)CN(Cc1ccc(F)cc1)Cc1ccc(OC)cc1. The zero-order valence-corrected chi connectivity index (χ0v) is 14.9. The Labute approximate surface area is 154 Å². The molecule has 0 saturated carbocycles. The summed E-state index contributed by atoms with van der Waals surface area (Å²) in [4.78, 5) is 2.08. The van der Waals surface area contributed by atoms with Gasteiger partial charge in [0, 0.05) is 19.6 Å². The molecule has 1 atom stereocenters. The van der Waals surface area contributed by atoms with Crippen LogP contribution in [0.4, 0.5) is 4.39 Å². The zero-order chi connectivity index (χ0) is 18.8. The van der Waals surface area contributed by atoms with Crippen molar-refractivity contribution in [3.05, 3.63) is 65.5 Å². The van der Waals surface area contributed by atoms with E-state index in [9.17, 15) is 9.50 Å². The Hall–Kier alpha value is -2.39. The van der Waals surface area contributed by atoms with E-state index < -0.39 is 6.10 Å². The summed E-state index contributed by atoms with van der Waals surface area (Å²) in [7, 11) is 1.63. The van der Waals surface area contributed by atoms with Crippen LogP contribution in [0.25, 0.3) is 0 Å². The molecule has 5 heteroatoms. The molecule has 0 aliphatic rings. The summed E-state index contributed by atoms with van der Waals surface area (Å²) in [6.45, 7) is 1.97. The van der Waals surface area contributed by atoms with Gasteiger partial charge < -0.3 is 14.6 Å². The third-order valence-electron chi connectivity index (χ3n) is 3.85. The summed E-state index contributed by atoms with van der Waals surface area (Å²) in [6.07, 6.45) is 4.48. The number of aliphatic hydroxyl groups excluding tert-OH is 1. The molecule has 1 unspecified atom stereocenters. The van der Waals surface area contributed by atoms with E-state index in [2.05, 4.69) is 10.8 Å². The fraction of sp³-hybridized carbons (Fsp3) is 0.333. The molecule has 0 fully saturated rings. The minimum atomic E-state index is -0.665. The van der Waals surface area contributed by atoms with E-state index in [1.54, 1.807) is 19.2 Å². The standard InChI is InChI=1S/C21H24FNO3/c1-3-12-26-16-20(24)15-23(13-17-4-8-19(22)9-5-17)14-18-6-10-21(25-2)11-7-18/h1,4-11,20,24H,12-16H2,2H3. The van der Waals surface area contributed by atoms with Crippen molar-refractivity contribution < 1.29 is 19.0 Å². The molecule has 0 radical (unpaired) electrons. The molecule has 0 heterocycles. The van der Waals surface area contributed by atoms with E-state index in [1.165, 1.54) is 12.1 Å². The van der Waals surface area contributed by atoms with E-state index in [-0.39, 0.29) is 19.0 Å². The van der Waals surface area contributed by atoms with Gasteiger partial charge >= 0.3 is 0 Å². The van der Waals surface area contributed by atoms with Gasteiger partial charge in [-0.05, 0) is 35.4 Å². The van der Waals surface area contributed by atoms with Crippen molar-refractivity contribution in [1.29, 1.82) is 0 Å². The molecule has 0 aliphatic carbocycles. The zero-order valence-electron chi connectivity index (χ0n) is 14.9. The smallest absolute Gasteiger partial charge is 0.123 e. The van der Waals surface area contributed by atoms with Gasteiger partial charge in [0.05, 0.1) is 19.8 Å². The first-order valence-corrected chi connectivity index (χ1v) is 8.39. The summed E-state index contributed by atoms with van der Waals surface area (Å²) in [5.41, 5.74) is 2.06. The Balaban J connectivity index is 2.03. The number of halogens is 1. The van der Waals surface area contributed by atoms with Crippen LogP contribution in [-0.4, -0.2) is 43.0 Å². The Bertz CT molecular complexity index is 695. The van der Waals surface area contributed by atoms with Gasteiger partial charge in [0.15, 0.2) is 0 Å². The van der Waals surface area contributed by atoms with Gasteiger partial charge in [-0.25, -0.2) is 4.39 Å². The van der Waals surface area contributed by atoms with Crippen LogP contribution in [-0.2, 0) is 17.8 Å². The van der Waals surface area contributed by atoms with Crippen LogP contribution in [0.3, 0.4) is 0 Å². The normalized spacial score (nSPS) is 12.0. The van der Waals surface area contributed by atoms with Gasteiger partial charge in [-0.15, -0.1) is 6.42 Å². The lowest BCUT2D eigenvalue weighted by Gasteiger charge is -2.25. The lowest BCUT2D eigenvalue weighted by molar-refractivity contribution is 0.0243. The second-order valence-corrected chi connectivity index (χ2v) is 6.02. The molecular weight excluding hydrogens is 333 g/mol. The summed E-state index contributed by atoms with van der Waals surface area (Å²) in [5.74, 6) is 2.91. The lowest BCUT2D eigenvalue weighted by Crippen LogP contribution is -2.34. The second kappa shape index (κ2) is 10.6. The Morgan fingerprint density at radius 1 is 1.08 bits per heavy atom. The van der Waals surface area contributed by atoms with E-state index in [1.807, 2.05) is 24.3 Å². The monoisotopic (exact) mass is 357 g/mol. The fourth-order valence-electron chi connectivity index (χ4n) is 2.63. The Kier molecular flexibility index (Phi) is 8.10. The van der Waals surface area contributed by atoms with Crippen LogP contribution < -0.4 is 4.74 Å². The Morgan fingerprint density at radius 3 is 2.19 bits per heavy atom. The van der Waals surface area contributed by atoms with E-state index in [0.29, 0.717) is 19.6 Å². The molecule has 4 nitrogen and oxygen atoms in total. The highest BCUT2D eigenvalue weighted by Gasteiger charge is 2.14. The first-order chi connectivity index (χ1) is 12.6. The third-order valence-corrected chi connectivity index (χ3v) is 3.85. The molecule has 0 spiro atoms. The molecule has 2 rings (SSSR count). The molecule has 0 aromatic heterocycles. The van der Waals surface area contributed by atoms with Crippen molar-refractivity contribution in [3.63, 3.8) is 0 Å². The number of hydrogen-bond donors (Lipinski definition) is 1. The highest BCUT2D eigenvalue weighted by atomic mass is 19.1. The number of hydrogen-bond acceptors (Lipinski definition) is 4. The maximum Gasteiger partial charge on any atom is 0.123 e. The molecule has 1 N–H and O–H groups in total. The Morgan fingerprint density at radius 2 is 1.65 bits per heavy atom. The quantitative estimate of drug-likeness (QED) is 0.524. The summed E-state index contributed by atoms with van der Waals surface area (Å²) in [6, 6.07) is 14.1. The minimum absolute atomic E-state index is 0.173. The van der Waals surface area contributed by atoms with Crippen molar-refractivity contribution in [1.82, 2.24) is 4.90 Å². The highest BCUT2D eigenvalue weighted by molar-refractivity contribution is 5.27.